The Balaban J connectivity index is 0.000000729. The van der Waals surface area contributed by atoms with Gasteiger partial charge < -0.3 is 29.5 Å². The van der Waals surface area contributed by atoms with Crippen molar-refractivity contribution < 1.29 is 37.1 Å². The highest BCUT2D eigenvalue weighted by Gasteiger charge is 2.38. The number of aromatic nitrogens is 4. The molecule has 4 heterocycles. The second kappa shape index (κ2) is 16.7. The summed E-state index contributed by atoms with van der Waals surface area (Å²) in [5.41, 5.74) is -2.13. The number of aromatic amines is 2. The first-order valence-electron chi connectivity index (χ1n) is 13.6. The van der Waals surface area contributed by atoms with Crippen molar-refractivity contribution in [1.82, 2.24) is 19.1 Å². The first-order chi connectivity index (χ1) is 20.9. The number of esters is 1. The van der Waals surface area contributed by atoms with Gasteiger partial charge in [-0.2, -0.15) is 0 Å². The van der Waals surface area contributed by atoms with Crippen LogP contribution >= 0.6 is 57.5 Å². The van der Waals surface area contributed by atoms with Gasteiger partial charge in [-0.15, -0.1) is 12.3 Å². The molecule has 5 N–H and O–H groups in total. The van der Waals surface area contributed by atoms with E-state index in [9.17, 15) is 29.1 Å². The largest absolute Gasteiger partial charge is 0.460 e. The lowest BCUT2D eigenvalue weighted by Crippen LogP contribution is -2.33. The van der Waals surface area contributed by atoms with E-state index >= 15 is 0 Å². The molecule has 0 spiro atoms. The second-order valence-electron chi connectivity index (χ2n) is 8.08. The van der Waals surface area contributed by atoms with Gasteiger partial charge in [-0.05, 0) is 45.2 Å². The molecule has 2 fully saturated rings. The number of halogens is 3. The van der Waals surface area contributed by atoms with E-state index in [1.54, 1.807) is 45.2 Å². The number of nitrogens with one attached hydrogen (secondary N) is 2. The average Bonchev–Trinajstić information content (AvgIpc) is 3.58. The Morgan fingerprint density at radius 2 is 1.55 bits per heavy atom. The summed E-state index contributed by atoms with van der Waals surface area (Å²) in [6.45, 7) is 0.859. The third-order valence-electron chi connectivity index (χ3n) is 5.52. The van der Waals surface area contributed by atoms with Gasteiger partial charge in [0, 0.05) is 34.9 Å². The number of ether oxygens (including phenoxy) is 3. The molecule has 18 heteroatoms. The third kappa shape index (κ3) is 9.19. The number of hydrogen-bond acceptors (Lipinski definition) is 11. The molecule has 2 aromatic heterocycles. The van der Waals surface area contributed by atoms with Gasteiger partial charge in [0.2, 0.25) is 1.43 Å². The molecule has 4 rings (SSSR count). The van der Waals surface area contributed by atoms with Crippen molar-refractivity contribution in [3.05, 3.63) is 61.2 Å². The number of H-pyrrole nitrogens is 2. The Hall–Kier alpha value is -1.62. The molecule has 0 amide bonds. The molecule has 2 saturated heterocycles. The number of carbonyl (C=O) groups is 1. The van der Waals surface area contributed by atoms with Gasteiger partial charge >= 0.3 is 17.3 Å². The quantitative estimate of drug-likeness (QED) is 0.191. The summed E-state index contributed by atoms with van der Waals surface area (Å²) >= 11 is 7.49. The van der Waals surface area contributed by atoms with Crippen LogP contribution in [0.2, 0.25) is 0 Å². The molecule has 15 nitrogen and oxygen atoms in total. The van der Waals surface area contributed by atoms with Crippen LogP contribution in [0.15, 0.2) is 31.6 Å². The zero-order chi connectivity index (χ0) is 34.1. The van der Waals surface area contributed by atoms with Crippen molar-refractivity contribution in [1.29, 1.82) is 2.60 Å². The van der Waals surface area contributed by atoms with Gasteiger partial charge in [-0.1, -0.05) is 14.8 Å². The van der Waals surface area contributed by atoms with E-state index < -0.39 is 65.3 Å². The Kier molecular flexibility index (Phi) is 13.1. The van der Waals surface area contributed by atoms with E-state index in [2.05, 4.69) is 27.4 Å². The maximum atomic E-state index is 11.8. The molecule has 228 valence electrons. The summed E-state index contributed by atoms with van der Waals surface area (Å²) in [5, 5.41) is 22.8. The fraction of sp³-hybridized carbons (Fsp3) is 0.591. The molecular weight excluding hydrogens is 786 g/mol. The normalized spacial score (nSPS) is 25.8. The van der Waals surface area contributed by atoms with Crippen molar-refractivity contribution in [2.45, 2.75) is 71.4 Å². The van der Waals surface area contributed by atoms with Crippen molar-refractivity contribution in [3.8, 4) is 0 Å². The molecule has 0 aromatic carbocycles. The molecule has 2 unspecified atom stereocenters. The van der Waals surface area contributed by atoms with Crippen LogP contribution < -0.4 is 22.5 Å². The number of nitrogens with zero attached hydrogens (tertiary/aromatic N) is 2. The molecule has 2 aliphatic rings. The first kappa shape index (κ1) is 31.3. The highest BCUT2D eigenvalue weighted by Crippen LogP contribution is 2.30. The lowest BCUT2D eigenvalue weighted by Gasteiger charge is -2.15. The van der Waals surface area contributed by atoms with Crippen LogP contribution in [0.25, 0.3) is 0 Å². The Morgan fingerprint density at radius 1 is 1.07 bits per heavy atom. The van der Waals surface area contributed by atoms with Gasteiger partial charge in [0.15, 0.2) is 0 Å². The molecule has 40 heavy (non-hydrogen) atoms. The van der Waals surface area contributed by atoms with Crippen molar-refractivity contribution in [2.75, 3.05) is 13.2 Å². The van der Waals surface area contributed by atoms with E-state index in [1.165, 1.54) is 43.3 Å². The molecule has 0 aliphatic carbocycles. The summed E-state index contributed by atoms with van der Waals surface area (Å²) in [6, 6.07) is 0. The average molecular weight is 825 g/mol. The van der Waals surface area contributed by atoms with Gasteiger partial charge in [0.1, 0.15) is 31.9 Å². The summed E-state index contributed by atoms with van der Waals surface area (Å²) in [6.07, 6.45) is -0.962. The Bertz CT molecular complexity index is 1400. The van der Waals surface area contributed by atoms with Crippen LogP contribution in [0, 0.1) is 7.14 Å². The van der Waals surface area contributed by atoms with E-state index in [-0.39, 0.29) is 26.1 Å². The van der Waals surface area contributed by atoms with Gasteiger partial charge in [-0.3, -0.25) is 33.5 Å². The van der Waals surface area contributed by atoms with Crippen LogP contribution in [-0.4, -0.2) is 80.6 Å². The summed E-state index contributed by atoms with van der Waals surface area (Å²) in [7, 11) is 2.50. The smallest absolute Gasteiger partial charge is 0.330 e. The van der Waals surface area contributed by atoms with E-state index in [0.717, 1.165) is 0 Å². The highest BCUT2D eigenvalue weighted by atomic mass is 127. The number of aliphatic hydroxyl groups is 3. The number of rotatable bonds is 6. The zero-order valence-corrected chi connectivity index (χ0v) is 26.6. The van der Waals surface area contributed by atoms with Crippen molar-refractivity contribution >= 4 is 63.5 Å². The molecule has 6 atom stereocenters. The maximum Gasteiger partial charge on any atom is 0.330 e. The summed E-state index contributed by atoms with van der Waals surface area (Å²) < 4.78 is 42.6. The van der Waals surface area contributed by atoms with Crippen LogP contribution in [-0.2, 0) is 19.0 Å². The number of carbonyl (C=O) groups excluding carboxylic acids is 1. The lowest BCUT2D eigenvalue weighted by atomic mass is 10.2. The molecule has 2 aliphatic heterocycles. The van der Waals surface area contributed by atoms with E-state index in [4.69, 9.17) is 24.7 Å². The van der Waals surface area contributed by atoms with Crippen LogP contribution in [0.1, 0.15) is 49.8 Å². The standard InChI is InChI=1S/C11H13IN2O6.C9H11IN2O5.2CH4.ClH/c1-5(16)19-7-2-9(20-8(7)4-15)14-3-6(12)10(17)13-11(14)18;10-4-2-12(9(16)11-8(4)15)7-1-5(14)6(3-13)17-7;;;/h3,7-9,15H,2,4H2,1H3,(H,13,17,18);2,5-7,13-14H,1,3H2,(H,11,15,16);2*1H4;1H/t7?,8-,9-;5?,6-,7-;;;/m11.../s1/i15D;;2*1T;/hD. The topological polar surface area (TPSA) is 215 Å². The second-order valence-corrected chi connectivity index (χ2v) is 10.4. The van der Waals surface area contributed by atoms with Crippen LogP contribution in [0.3, 0.4) is 0 Å². The number of hydrogen-bond donors (Lipinski definition) is 5. The number of aliphatic hydroxyl groups excluding tert-OH is 3. The van der Waals surface area contributed by atoms with Gasteiger partial charge in [-0.25, -0.2) is 9.59 Å². The fourth-order valence-corrected chi connectivity index (χ4v) is 4.63. The highest BCUT2D eigenvalue weighted by molar-refractivity contribution is 14.1. The van der Waals surface area contributed by atoms with Crippen LogP contribution in [0.4, 0.5) is 0 Å². The molecular formula is C22H33ClI2N4O11. The van der Waals surface area contributed by atoms with Crippen LogP contribution in [0.5, 0.6) is 0 Å². The summed E-state index contributed by atoms with van der Waals surface area (Å²) in [4.78, 5) is 61.3. The molecule has 0 saturated carbocycles. The van der Waals surface area contributed by atoms with E-state index in [0.29, 0.717) is 7.14 Å². The SMILES string of the molecule is O=c1[nH]c(=O)n([C@H]2CC(O)[C@@H](CO)O2)cc1I.[2H]Cl.[2H]OC[C@H]1O[C@@H](n2cc(I)c(=O)[nH]c2=O)CC1OC(C)=O.[3H]C.[3H]C. The minimum atomic E-state index is -0.818. The Morgan fingerprint density at radius 3 is 1.98 bits per heavy atom. The fourth-order valence-electron chi connectivity index (χ4n) is 3.76. The minimum Gasteiger partial charge on any atom is -0.460 e. The van der Waals surface area contributed by atoms with Gasteiger partial charge in [0.05, 0.1) is 26.5 Å². The van der Waals surface area contributed by atoms with Crippen molar-refractivity contribution in [2.24, 2.45) is 0 Å². The molecule has 0 radical (unpaired) electrons. The van der Waals surface area contributed by atoms with Crippen molar-refractivity contribution in [3.63, 3.8) is 0 Å². The third-order valence-corrected chi connectivity index (χ3v) is 7.05. The predicted molar refractivity (Wildman–Crippen MR) is 162 cm³/mol. The van der Waals surface area contributed by atoms with Gasteiger partial charge in [0.25, 0.3) is 11.1 Å². The Labute approximate surface area is 267 Å². The first-order valence-corrected chi connectivity index (χ1v) is 13.0. The lowest BCUT2D eigenvalue weighted by molar-refractivity contribution is -0.150. The minimum absolute atomic E-state index is 0.0936. The zero-order valence-electron chi connectivity index (χ0n) is 25.5. The monoisotopic (exact) mass is 824 g/mol. The summed E-state index contributed by atoms with van der Waals surface area (Å²) in [5.74, 6) is -0.484. The van der Waals surface area contributed by atoms with E-state index in [1.807, 2.05) is 0 Å². The molecule has 0 bridgehead atoms. The molecule has 2 aromatic rings. The predicted octanol–water partition coefficient (Wildman–Crippen LogP) is -0.171. The maximum absolute atomic E-state index is 11.8.